The van der Waals surface area contributed by atoms with Crippen LogP contribution >= 0.6 is 11.6 Å². The van der Waals surface area contributed by atoms with Gasteiger partial charge in [0.25, 0.3) is 0 Å². The van der Waals surface area contributed by atoms with Crippen LogP contribution in [0.15, 0.2) is 35.1 Å². The number of carboxylic acid groups (broad SMARTS) is 1. The maximum Gasteiger partial charge on any atom is 0.209 e. The van der Waals surface area contributed by atoms with Gasteiger partial charge in [0.15, 0.2) is 5.69 Å². The molecule has 0 unspecified atom stereocenters. The molecule has 1 aromatic heterocycles. The van der Waals surface area contributed by atoms with Crippen LogP contribution in [0.25, 0.3) is 5.69 Å². The van der Waals surface area contributed by atoms with Crippen LogP contribution in [-0.2, 0) is 0 Å². The Morgan fingerprint density at radius 2 is 2.06 bits per heavy atom. The average Bonchev–Trinajstić information content (AvgIpc) is 2.30. The number of rotatable bonds is 2. The number of carbonyl (C=O) groups is 1. The van der Waals surface area contributed by atoms with Gasteiger partial charge in [-0.05, 0) is 19.1 Å². The van der Waals surface area contributed by atoms with Gasteiger partial charge in [-0.15, -0.1) is 0 Å². The highest BCUT2D eigenvalue weighted by Gasteiger charge is 2.10. The van der Waals surface area contributed by atoms with E-state index in [2.05, 4.69) is 5.10 Å². The van der Waals surface area contributed by atoms with E-state index < -0.39 is 17.1 Å². The third-order valence-corrected chi connectivity index (χ3v) is 2.70. The van der Waals surface area contributed by atoms with E-state index in [0.29, 0.717) is 16.4 Å². The minimum absolute atomic E-state index is 0.404. The molecule has 1 aromatic carbocycles. The van der Waals surface area contributed by atoms with E-state index in [-0.39, 0.29) is 0 Å². The lowest BCUT2D eigenvalue weighted by Crippen LogP contribution is -2.32. The van der Waals surface area contributed by atoms with Gasteiger partial charge in [-0.1, -0.05) is 23.7 Å². The molecule has 18 heavy (non-hydrogen) atoms. The van der Waals surface area contributed by atoms with Crippen molar-refractivity contribution < 1.29 is 9.90 Å². The van der Waals surface area contributed by atoms with Crippen LogP contribution in [0.3, 0.4) is 0 Å². The number of hydrogen-bond donors (Lipinski definition) is 0. The molecule has 0 aliphatic heterocycles. The SMILES string of the molecule is Cc1cc(=O)c(C(=O)[O-])nn1-c1ccccc1Cl. The van der Waals surface area contributed by atoms with Crippen LogP contribution < -0.4 is 10.5 Å². The van der Waals surface area contributed by atoms with Gasteiger partial charge in [-0.2, -0.15) is 5.10 Å². The summed E-state index contributed by atoms with van der Waals surface area (Å²) in [5, 5.41) is 14.9. The molecule has 5 nitrogen and oxygen atoms in total. The molecule has 2 aromatic rings. The minimum atomic E-state index is -1.61. The summed E-state index contributed by atoms with van der Waals surface area (Å²) in [6.07, 6.45) is 0. The molecule has 0 radical (unpaired) electrons. The molecule has 6 heteroatoms. The molecular weight excluding hydrogens is 256 g/mol. The molecule has 0 aliphatic rings. The van der Waals surface area contributed by atoms with Crippen LogP contribution in [0.1, 0.15) is 16.2 Å². The van der Waals surface area contributed by atoms with Gasteiger partial charge in [-0.25, -0.2) is 4.68 Å². The van der Waals surface area contributed by atoms with Crippen LogP contribution in [0.5, 0.6) is 0 Å². The topological polar surface area (TPSA) is 75.0 Å². The molecule has 0 aliphatic carbocycles. The van der Waals surface area contributed by atoms with Crippen molar-refractivity contribution in [3.63, 3.8) is 0 Å². The van der Waals surface area contributed by atoms with Crippen molar-refractivity contribution in [2.24, 2.45) is 0 Å². The normalized spacial score (nSPS) is 10.3. The first-order valence-corrected chi connectivity index (χ1v) is 5.45. The lowest BCUT2D eigenvalue weighted by molar-refractivity contribution is -0.255. The van der Waals surface area contributed by atoms with E-state index in [4.69, 9.17) is 11.6 Å². The lowest BCUT2D eigenvalue weighted by atomic mass is 10.3. The number of aromatic carboxylic acids is 1. The molecule has 92 valence electrons. The van der Waals surface area contributed by atoms with Gasteiger partial charge in [0, 0.05) is 11.8 Å². The number of benzene rings is 1. The number of aromatic nitrogens is 2. The number of nitrogens with zero attached hydrogens (tertiary/aromatic N) is 2. The van der Waals surface area contributed by atoms with Crippen LogP contribution in [-0.4, -0.2) is 15.7 Å². The fraction of sp³-hybridized carbons (Fsp3) is 0.0833. The Morgan fingerprint density at radius 1 is 1.39 bits per heavy atom. The largest absolute Gasteiger partial charge is 0.543 e. The zero-order chi connectivity index (χ0) is 13.3. The fourth-order valence-corrected chi connectivity index (χ4v) is 1.77. The summed E-state index contributed by atoms with van der Waals surface area (Å²) in [4.78, 5) is 22.2. The van der Waals surface area contributed by atoms with Gasteiger partial charge in [0.2, 0.25) is 5.43 Å². The maximum atomic E-state index is 11.4. The van der Waals surface area contributed by atoms with Crippen molar-refractivity contribution >= 4 is 17.6 Å². The van der Waals surface area contributed by atoms with Crippen molar-refractivity contribution in [2.75, 3.05) is 0 Å². The number of carbonyl (C=O) groups excluding carboxylic acids is 1. The van der Waals surface area contributed by atoms with Gasteiger partial charge in [-0.3, -0.25) is 4.79 Å². The fourth-order valence-electron chi connectivity index (χ4n) is 1.56. The van der Waals surface area contributed by atoms with Gasteiger partial charge >= 0.3 is 0 Å². The van der Waals surface area contributed by atoms with E-state index in [1.54, 1.807) is 31.2 Å². The first-order valence-electron chi connectivity index (χ1n) is 5.08. The van der Waals surface area contributed by atoms with E-state index in [0.717, 1.165) is 0 Å². The summed E-state index contributed by atoms with van der Waals surface area (Å²) in [7, 11) is 0. The third kappa shape index (κ3) is 2.12. The molecule has 1 heterocycles. The predicted molar refractivity (Wildman–Crippen MR) is 63.9 cm³/mol. The first-order chi connectivity index (χ1) is 8.50. The number of aryl methyl sites for hydroxylation is 1. The Morgan fingerprint density at radius 3 is 2.67 bits per heavy atom. The van der Waals surface area contributed by atoms with Gasteiger partial charge in [0.05, 0.1) is 16.7 Å². The summed E-state index contributed by atoms with van der Waals surface area (Å²) in [6.45, 7) is 1.64. The Kier molecular flexibility index (Phi) is 3.16. The summed E-state index contributed by atoms with van der Waals surface area (Å²) >= 11 is 6.00. The highest BCUT2D eigenvalue weighted by Crippen LogP contribution is 2.19. The van der Waals surface area contributed by atoms with Crippen LogP contribution in [0, 0.1) is 6.92 Å². The first kappa shape index (κ1) is 12.3. The van der Waals surface area contributed by atoms with E-state index >= 15 is 0 Å². The zero-order valence-electron chi connectivity index (χ0n) is 9.38. The van der Waals surface area contributed by atoms with E-state index in [9.17, 15) is 14.7 Å². The Bertz CT molecular complexity index is 679. The average molecular weight is 264 g/mol. The van der Waals surface area contributed by atoms with Crippen molar-refractivity contribution in [1.29, 1.82) is 0 Å². The molecule has 0 fully saturated rings. The molecule has 0 bridgehead atoms. The van der Waals surface area contributed by atoms with E-state index in [1.165, 1.54) is 10.7 Å². The van der Waals surface area contributed by atoms with Crippen LogP contribution in [0.4, 0.5) is 0 Å². The lowest BCUT2D eigenvalue weighted by Gasteiger charge is -2.12. The summed E-state index contributed by atoms with van der Waals surface area (Å²) < 4.78 is 1.30. The third-order valence-electron chi connectivity index (χ3n) is 2.38. The second-order valence-electron chi connectivity index (χ2n) is 3.65. The highest BCUT2D eigenvalue weighted by molar-refractivity contribution is 6.32. The summed E-state index contributed by atoms with van der Waals surface area (Å²) in [5.74, 6) is -1.61. The molecule has 0 saturated carbocycles. The second kappa shape index (κ2) is 4.62. The molecule has 0 spiro atoms. The molecular formula is C12H8ClN2O3-. The molecule has 0 saturated heterocycles. The van der Waals surface area contributed by atoms with Gasteiger partial charge in [0.1, 0.15) is 0 Å². The van der Waals surface area contributed by atoms with Gasteiger partial charge < -0.3 is 9.90 Å². The zero-order valence-corrected chi connectivity index (χ0v) is 10.1. The Labute approximate surface area is 107 Å². The van der Waals surface area contributed by atoms with Crippen molar-refractivity contribution in [1.82, 2.24) is 9.78 Å². The number of hydrogen-bond acceptors (Lipinski definition) is 4. The number of para-hydroxylation sites is 1. The van der Waals surface area contributed by atoms with E-state index in [1.807, 2.05) is 0 Å². The molecule has 0 amide bonds. The second-order valence-corrected chi connectivity index (χ2v) is 4.06. The predicted octanol–water partition coefficient (Wildman–Crippen LogP) is 0.558. The molecule has 0 atom stereocenters. The quantitative estimate of drug-likeness (QED) is 0.793. The highest BCUT2D eigenvalue weighted by atomic mass is 35.5. The molecule has 2 rings (SSSR count). The Hall–Kier alpha value is -2.14. The van der Waals surface area contributed by atoms with Crippen molar-refractivity contribution in [3.8, 4) is 5.69 Å². The summed E-state index contributed by atoms with van der Waals surface area (Å²) in [6, 6.07) is 7.98. The number of halogens is 1. The monoisotopic (exact) mass is 263 g/mol. The summed E-state index contributed by atoms with van der Waals surface area (Å²) in [5.41, 5.74) is -0.339. The number of carboxylic acids is 1. The van der Waals surface area contributed by atoms with Crippen molar-refractivity contribution in [3.05, 3.63) is 57.0 Å². The minimum Gasteiger partial charge on any atom is -0.543 e. The van der Waals surface area contributed by atoms with Crippen molar-refractivity contribution in [2.45, 2.75) is 6.92 Å². The maximum absolute atomic E-state index is 11.4. The van der Waals surface area contributed by atoms with Crippen LogP contribution in [0.2, 0.25) is 5.02 Å². The standard InChI is InChI=1S/C12H9ClN2O3/c1-7-6-10(16)11(12(17)18)14-15(7)9-5-3-2-4-8(9)13/h2-6H,1H3,(H,17,18)/p-1. The molecule has 0 N–H and O–H groups in total. The smallest absolute Gasteiger partial charge is 0.209 e. The Balaban J connectivity index is 2.73.